The maximum atomic E-state index is 13.7. The molecule has 144 valence electrons. The first kappa shape index (κ1) is 20.6. The largest absolute Gasteiger partial charge is 0.489 e. The summed E-state index contributed by atoms with van der Waals surface area (Å²) in [5.74, 6) is -0.556. The van der Waals surface area contributed by atoms with Crippen LogP contribution in [0.2, 0.25) is 0 Å². The Morgan fingerprint density at radius 3 is 2.41 bits per heavy atom. The van der Waals surface area contributed by atoms with Gasteiger partial charge < -0.3 is 10.1 Å². The average Bonchev–Trinajstić information content (AvgIpc) is 2.74. The Balaban J connectivity index is 1.65. The Labute approximate surface area is 181 Å². The second-order valence-corrected chi connectivity index (χ2v) is 7.33. The van der Waals surface area contributed by atoms with E-state index in [1.54, 1.807) is 30.3 Å². The van der Waals surface area contributed by atoms with E-state index in [-0.39, 0.29) is 11.3 Å². The fourth-order valence-electron chi connectivity index (χ4n) is 2.48. The van der Waals surface area contributed by atoms with Gasteiger partial charge in [0.25, 0.3) is 5.91 Å². The summed E-state index contributed by atoms with van der Waals surface area (Å²) in [6.45, 7) is 0.445. The van der Waals surface area contributed by atoms with Gasteiger partial charge in [-0.05, 0) is 76.2 Å². The molecular weight excluding hydrogens is 482 g/mol. The molecule has 0 heterocycles. The minimum absolute atomic E-state index is 0.0259. The third-order valence-corrected chi connectivity index (χ3v) is 4.72. The van der Waals surface area contributed by atoms with E-state index in [0.29, 0.717) is 17.9 Å². The second-order valence-electron chi connectivity index (χ2n) is 6.09. The van der Waals surface area contributed by atoms with Gasteiger partial charge in [0, 0.05) is 3.57 Å². The van der Waals surface area contributed by atoms with Crippen LogP contribution in [0, 0.1) is 20.7 Å². The predicted molar refractivity (Wildman–Crippen MR) is 119 cm³/mol. The fourth-order valence-corrected chi connectivity index (χ4v) is 2.83. The SMILES string of the molecule is N#C/C(=C/c1ccc(OCc2ccc(I)cc2)cc1)C(=O)Nc1ccccc1F. The molecule has 0 atom stereocenters. The maximum absolute atomic E-state index is 13.7. The molecule has 0 unspecified atom stereocenters. The lowest BCUT2D eigenvalue weighted by Crippen LogP contribution is -2.14. The third-order valence-electron chi connectivity index (χ3n) is 4.00. The Bertz CT molecular complexity index is 1070. The molecule has 3 rings (SSSR count). The van der Waals surface area contributed by atoms with Crippen LogP contribution in [0.25, 0.3) is 6.08 Å². The Hall–Kier alpha value is -3.18. The van der Waals surface area contributed by atoms with Crippen LogP contribution in [0.5, 0.6) is 5.75 Å². The molecule has 1 amide bonds. The summed E-state index contributed by atoms with van der Waals surface area (Å²) in [5.41, 5.74) is 1.62. The monoisotopic (exact) mass is 498 g/mol. The zero-order valence-corrected chi connectivity index (χ0v) is 17.4. The van der Waals surface area contributed by atoms with Gasteiger partial charge >= 0.3 is 0 Å². The molecule has 6 heteroatoms. The van der Waals surface area contributed by atoms with Crippen LogP contribution in [0.15, 0.2) is 78.4 Å². The normalized spacial score (nSPS) is 10.9. The minimum Gasteiger partial charge on any atom is -0.489 e. The van der Waals surface area contributed by atoms with Crippen molar-refractivity contribution in [2.45, 2.75) is 6.61 Å². The number of nitrogens with zero attached hydrogens (tertiary/aromatic N) is 1. The Kier molecular flexibility index (Phi) is 6.98. The highest BCUT2D eigenvalue weighted by molar-refractivity contribution is 14.1. The average molecular weight is 498 g/mol. The highest BCUT2D eigenvalue weighted by atomic mass is 127. The fraction of sp³-hybridized carbons (Fsp3) is 0.0435. The first-order valence-electron chi connectivity index (χ1n) is 8.70. The van der Waals surface area contributed by atoms with Crippen molar-refractivity contribution >= 4 is 40.3 Å². The molecule has 0 aromatic heterocycles. The summed E-state index contributed by atoms with van der Waals surface area (Å²) in [7, 11) is 0. The Morgan fingerprint density at radius 1 is 1.07 bits per heavy atom. The lowest BCUT2D eigenvalue weighted by Gasteiger charge is -2.07. The number of rotatable bonds is 6. The van der Waals surface area contributed by atoms with Crippen LogP contribution in [0.4, 0.5) is 10.1 Å². The maximum Gasteiger partial charge on any atom is 0.266 e. The molecule has 1 N–H and O–H groups in total. The molecule has 0 spiro atoms. The molecule has 0 aliphatic rings. The molecule has 3 aromatic carbocycles. The van der Waals surface area contributed by atoms with E-state index in [4.69, 9.17) is 4.74 Å². The number of hydrogen-bond donors (Lipinski definition) is 1. The molecule has 0 aliphatic carbocycles. The molecule has 0 saturated heterocycles. The topological polar surface area (TPSA) is 62.1 Å². The number of halogens is 2. The van der Waals surface area contributed by atoms with Crippen molar-refractivity contribution in [3.63, 3.8) is 0 Å². The standard InChI is InChI=1S/C23H16FIN2O2/c24-21-3-1-2-4-22(21)27-23(28)18(14-26)13-16-7-11-20(12-8-16)29-15-17-5-9-19(25)10-6-17/h1-13H,15H2,(H,27,28)/b18-13-. The van der Waals surface area contributed by atoms with E-state index in [9.17, 15) is 14.4 Å². The number of carbonyl (C=O) groups excluding carboxylic acids is 1. The summed E-state index contributed by atoms with van der Waals surface area (Å²) in [6.07, 6.45) is 1.44. The summed E-state index contributed by atoms with van der Waals surface area (Å²) >= 11 is 2.25. The lowest BCUT2D eigenvalue weighted by atomic mass is 10.1. The lowest BCUT2D eigenvalue weighted by molar-refractivity contribution is -0.112. The van der Waals surface area contributed by atoms with E-state index in [2.05, 4.69) is 27.9 Å². The molecule has 3 aromatic rings. The predicted octanol–water partition coefficient (Wildman–Crippen LogP) is 5.55. The molecule has 0 aliphatic heterocycles. The van der Waals surface area contributed by atoms with E-state index in [1.165, 1.54) is 24.3 Å². The van der Waals surface area contributed by atoms with Gasteiger partial charge in [-0.25, -0.2) is 4.39 Å². The first-order chi connectivity index (χ1) is 14.0. The highest BCUT2D eigenvalue weighted by Gasteiger charge is 2.11. The highest BCUT2D eigenvalue weighted by Crippen LogP contribution is 2.18. The molecule has 0 fully saturated rings. The van der Waals surface area contributed by atoms with Gasteiger partial charge in [0.15, 0.2) is 0 Å². The number of benzene rings is 3. The second kappa shape index (κ2) is 9.85. The van der Waals surface area contributed by atoms with E-state index >= 15 is 0 Å². The van der Waals surface area contributed by atoms with Crippen molar-refractivity contribution in [3.05, 3.63) is 98.9 Å². The molecule has 0 saturated carbocycles. The number of hydrogen-bond acceptors (Lipinski definition) is 3. The molecule has 0 bridgehead atoms. The summed E-state index contributed by atoms with van der Waals surface area (Å²) in [5, 5.41) is 11.7. The molecule has 0 radical (unpaired) electrons. The number of amides is 1. The van der Waals surface area contributed by atoms with Gasteiger partial charge in [0.05, 0.1) is 5.69 Å². The third kappa shape index (κ3) is 5.90. The smallest absolute Gasteiger partial charge is 0.266 e. The van der Waals surface area contributed by atoms with Crippen molar-refractivity contribution in [2.24, 2.45) is 0 Å². The van der Waals surface area contributed by atoms with Gasteiger partial charge in [-0.1, -0.05) is 36.4 Å². The van der Waals surface area contributed by atoms with Crippen molar-refractivity contribution in [3.8, 4) is 11.8 Å². The molecule has 4 nitrogen and oxygen atoms in total. The van der Waals surface area contributed by atoms with Gasteiger partial charge in [-0.2, -0.15) is 5.26 Å². The minimum atomic E-state index is -0.670. The van der Waals surface area contributed by atoms with Gasteiger partial charge in [-0.3, -0.25) is 4.79 Å². The van der Waals surface area contributed by atoms with Crippen LogP contribution < -0.4 is 10.1 Å². The van der Waals surface area contributed by atoms with Crippen LogP contribution >= 0.6 is 22.6 Å². The quantitative estimate of drug-likeness (QED) is 0.275. The molecular formula is C23H16FIN2O2. The zero-order chi connectivity index (χ0) is 20.6. The van der Waals surface area contributed by atoms with Gasteiger partial charge in [0.1, 0.15) is 29.8 Å². The van der Waals surface area contributed by atoms with Crippen LogP contribution in [-0.4, -0.2) is 5.91 Å². The van der Waals surface area contributed by atoms with Crippen LogP contribution in [0.3, 0.4) is 0 Å². The summed E-state index contributed by atoms with van der Waals surface area (Å²) in [6, 6.07) is 22.7. The van der Waals surface area contributed by atoms with E-state index in [0.717, 1.165) is 9.13 Å². The van der Waals surface area contributed by atoms with Gasteiger partial charge in [0.2, 0.25) is 0 Å². The van der Waals surface area contributed by atoms with Crippen molar-refractivity contribution in [1.82, 2.24) is 0 Å². The first-order valence-corrected chi connectivity index (χ1v) is 9.78. The van der Waals surface area contributed by atoms with E-state index in [1.807, 2.05) is 30.3 Å². The number of ether oxygens (including phenoxy) is 1. The van der Waals surface area contributed by atoms with Crippen molar-refractivity contribution < 1.29 is 13.9 Å². The molecule has 29 heavy (non-hydrogen) atoms. The Morgan fingerprint density at radius 2 is 1.76 bits per heavy atom. The number of anilines is 1. The zero-order valence-electron chi connectivity index (χ0n) is 15.2. The van der Waals surface area contributed by atoms with Crippen LogP contribution in [0.1, 0.15) is 11.1 Å². The van der Waals surface area contributed by atoms with Crippen LogP contribution in [-0.2, 0) is 11.4 Å². The number of nitrogens with one attached hydrogen (secondary N) is 1. The number of carbonyl (C=O) groups is 1. The van der Waals surface area contributed by atoms with Crippen molar-refractivity contribution in [1.29, 1.82) is 5.26 Å². The van der Waals surface area contributed by atoms with Crippen molar-refractivity contribution in [2.75, 3.05) is 5.32 Å². The summed E-state index contributed by atoms with van der Waals surface area (Å²) in [4.78, 5) is 12.3. The van der Waals surface area contributed by atoms with Gasteiger partial charge in [-0.15, -0.1) is 0 Å². The number of nitriles is 1. The summed E-state index contributed by atoms with van der Waals surface area (Å²) < 4.78 is 20.6. The number of para-hydroxylation sites is 1. The van der Waals surface area contributed by atoms with E-state index < -0.39 is 11.7 Å².